The van der Waals surface area contributed by atoms with Crippen LogP contribution in [0.4, 0.5) is 17.8 Å². The number of nitrogens with zero attached hydrogens (tertiary/aromatic N) is 5. The molecule has 3 saturated heterocycles. The Bertz CT molecular complexity index is 3510. The lowest BCUT2D eigenvalue weighted by atomic mass is 10.1. The topological polar surface area (TPSA) is 439 Å². The molecule has 0 amide bonds. The number of carbonyl (C=O) groups excluding carboxylic acids is 3. The molecular weight excluding hydrogens is 1030 g/mol. The third kappa shape index (κ3) is 11.8. The van der Waals surface area contributed by atoms with Gasteiger partial charge in [0.2, 0.25) is 24.1 Å². The third-order valence-electron chi connectivity index (χ3n) is 10.6. The average molecular weight is 1080 g/mol. The lowest BCUT2D eigenvalue weighted by Crippen LogP contribution is -2.31. The summed E-state index contributed by atoms with van der Waals surface area (Å²) in [6.07, 6.45) is -5.78. The summed E-state index contributed by atoms with van der Waals surface area (Å²) in [5.41, 5.74) is 16.7. The molecule has 3 aliphatic rings. The molecule has 32 heteroatoms. The number of rotatable bonds is 8. The summed E-state index contributed by atoms with van der Waals surface area (Å²) in [7, 11) is 0. The number of thiazole rings is 3. The lowest BCUT2D eigenvalue weighted by molar-refractivity contribution is -0.193. The quantitative estimate of drug-likeness (QED) is 0.0526. The second-order valence-corrected chi connectivity index (χ2v) is 18.6. The molecule has 3 fully saturated rings. The molecule has 0 spiro atoms. The van der Waals surface area contributed by atoms with E-state index in [2.05, 4.69) is 54.6 Å². The van der Waals surface area contributed by atoms with Crippen LogP contribution in [0.5, 0.6) is 0 Å². The molecule has 0 bridgehead atoms. The largest absolute Gasteiger partial charge is 0.453 e. The number of nitrogens with one attached hydrogen (secondary N) is 4. The van der Waals surface area contributed by atoms with Crippen molar-refractivity contribution in [2.24, 2.45) is 0 Å². The van der Waals surface area contributed by atoms with E-state index in [1.807, 2.05) is 13.8 Å². The summed E-state index contributed by atoms with van der Waals surface area (Å²) < 4.78 is 34.7. The van der Waals surface area contributed by atoms with E-state index in [1.54, 1.807) is 0 Å². The van der Waals surface area contributed by atoms with Crippen LogP contribution >= 0.6 is 34.0 Å². The Labute approximate surface area is 419 Å². The molecule has 6 aromatic rings. The number of nitrogens with two attached hydrogens (primary N) is 3. The lowest BCUT2D eigenvalue weighted by Gasteiger charge is -2.19. The van der Waals surface area contributed by atoms with E-state index in [-0.39, 0.29) is 83.7 Å². The predicted molar refractivity (Wildman–Crippen MR) is 264 cm³/mol. The zero-order valence-corrected chi connectivity index (χ0v) is 41.6. The summed E-state index contributed by atoms with van der Waals surface area (Å²) in [6.45, 7) is 18.6. The first-order valence-electron chi connectivity index (χ1n) is 21.4. The fourth-order valence-corrected chi connectivity index (χ4v) is 9.80. The highest BCUT2D eigenvalue weighted by Gasteiger charge is 2.44. The molecule has 0 saturated carbocycles. The van der Waals surface area contributed by atoms with Crippen LogP contribution in [0.1, 0.15) is 59.9 Å². The van der Waals surface area contributed by atoms with Crippen molar-refractivity contribution in [1.82, 2.24) is 44.0 Å². The highest BCUT2D eigenvalue weighted by atomic mass is 32.1. The van der Waals surface area contributed by atoms with Crippen molar-refractivity contribution >= 4 is 101 Å². The number of aromatic nitrogens is 9. The molecule has 0 aliphatic carbocycles. The first-order valence-corrected chi connectivity index (χ1v) is 23.9. The first kappa shape index (κ1) is 54.9. The van der Waals surface area contributed by atoms with Gasteiger partial charge in [-0.3, -0.25) is 72.2 Å². The summed E-state index contributed by atoms with van der Waals surface area (Å²) in [6, 6.07) is 0. The van der Waals surface area contributed by atoms with E-state index in [1.165, 1.54) is 25.3 Å². The van der Waals surface area contributed by atoms with Crippen LogP contribution in [0.2, 0.25) is 0 Å². The highest BCUT2D eigenvalue weighted by molar-refractivity contribution is 7.16. The molecule has 3 aliphatic heterocycles. The van der Waals surface area contributed by atoms with E-state index >= 15 is 0 Å². The minimum atomic E-state index is -1.19. The number of nitrogen functional groups attached to an aromatic ring is 3. The minimum Gasteiger partial charge on any atom is -0.453 e. The van der Waals surface area contributed by atoms with Gasteiger partial charge in [-0.2, -0.15) is 15.0 Å². The SMILES string of the molecule is C=C1[C@@H](O)[C@H](n2c(=O)sc3c(=O)[nH]c(N)nc32)O[C@@H]1CO.C=C1[C@@H](OC(C)=O)C(OC(C)=O)O[C@@H]1CC.C=C1[C@@H](OC(C)=O)[C@H](n2c(=O)sc3c(=O)[nH]c(N)nc32)O[C@@H]1CC.Nc1nc2[nH]c(=O)sc2c(=O)[nH]1. The normalized spacial score (nSPS) is 23.3. The van der Waals surface area contributed by atoms with Gasteiger partial charge in [-0.25, -0.2) is 0 Å². The Morgan fingerprint density at radius 2 is 1.05 bits per heavy atom. The van der Waals surface area contributed by atoms with Gasteiger partial charge in [0.05, 0.1) is 18.8 Å². The number of aliphatic hydroxyl groups is 2. The summed E-state index contributed by atoms with van der Waals surface area (Å²) in [5, 5.41) is 19.3. The number of esters is 3. The van der Waals surface area contributed by atoms with Gasteiger partial charge in [0.15, 0.2) is 41.6 Å². The van der Waals surface area contributed by atoms with Crippen molar-refractivity contribution in [3.8, 4) is 0 Å². The van der Waals surface area contributed by atoms with Gasteiger partial charge in [-0.05, 0) is 29.6 Å². The van der Waals surface area contributed by atoms with Crippen LogP contribution in [-0.2, 0) is 42.8 Å². The Balaban J connectivity index is 0.000000163. The standard InChI is InChI=1S/C14H16N4O5S.C11H12N4O5S.C11H16O5.C5H4N4O2S/c1-4-7-5(2)8(22-6(3)19)12(23-7)18-10-9(24-14(18)21)11(20)17-13(15)16-10;1-3-4(2-16)20-9(5(3)17)15-7-6(21-11(15)19)8(18)14-10(12)13-7;1-5-9-6(2)10(14-7(3)12)11(16-9)15-8(4)13;6-4-7-2-1(3(10)9-4)12-5(11)8-2/h7-8,12H,2,4H2,1,3H3,(H3,15,16,17,20);4-5,9,16-17H,1-2H2,(H3,12,13,14,18);9-11H,2,5H2,1,3-4H3;(H4,6,7,8,9,10,11)/t7-,8-,12-;4-,5-,9-;9-,10-,11?;/m111./s1. The van der Waals surface area contributed by atoms with E-state index in [0.717, 1.165) is 27.2 Å². The molecule has 9 heterocycles. The zero-order chi connectivity index (χ0) is 53.9. The van der Waals surface area contributed by atoms with E-state index in [4.69, 9.17) is 50.7 Å². The Hall–Kier alpha value is -7.46. The Morgan fingerprint density at radius 3 is 1.53 bits per heavy atom. The highest BCUT2D eigenvalue weighted by Crippen LogP contribution is 2.38. The first-order chi connectivity index (χ1) is 34.4. The fraction of sp³-hybridized carbons (Fsp3) is 0.415. The van der Waals surface area contributed by atoms with Crippen LogP contribution in [0.25, 0.3) is 31.0 Å². The molecular formula is C41H48N12O17S3. The second kappa shape index (κ2) is 22.5. The van der Waals surface area contributed by atoms with Crippen molar-refractivity contribution in [1.29, 1.82) is 0 Å². The van der Waals surface area contributed by atoms with Gasteiger partial charge in [0, 0.05) is 20.8 Å². The van der Waals surface area contributed by atoms with Crippen molar-refractivity contribution in [3.63, 3.8) is 0 Å². The van der Waals surface area contributed by atoms with Crippen LogP contribution in [0, 0.1) is 0 Å². The smallest absolute Gasteiger partial charge is 0.311 e. The number of aliphatic hydroxyl groups excluding tert-OH is 2. The molecule has 73 heavy (non-hydrogen) atoms. The van der Waals surface area contributed by atoms with E-state index in [9.17, 15) is 48.3 Å². The molecule has 1 unspecified atom stereocenters. The number of H-pyrrole nitrogens is 4. The van der Waals surface area contributed by atoms with Crippen molar-refractivity contribution in [3.05, 3.63) is 96.5 Å². The number of aromatic amines is 4. The second-order valence-electron chi connectivity index (χ2n) is 15.7. The van der Waals surface area contributed by atoms with Gasteiger partial charge < -0.3 is 55.8 Å². The van der Waals surface area contributed by atoms with Crippen LogP contribution in [0.15, 0.2) is 65.2 Å². The van der Waals surface area contributed by atoms with Crippen LogP contribution in [-0.4, -0.2) is 122 Å². The van der Waals surface area contributed by atoms with Crippen molar-refractivity contribution in [2.75, 3.05) is 23.8 Å². The Kier molecular flexibility index (Phi) is 16.9. The van der Waals surface area contributed by atoms with E-state index in [0.29, 0.717) is 35.3 Å². The minimum absolute atomic E-state index is 0.00144. The summed E-state index contributed by atoms with van der Waals surface area (Å²) >= 11 is 2.22. The maximum Gasteiger partial charge on any atom is 0.311 e. The van der Waals surface area contributed by atoms with E-state index < -0.39 is 81.9 Å². The number of carbonyl (C=O) groups is 3. The zero-order valence-electron chi connectivity index (χ0n) is 39.1. The monoisotopic (exact) mass is 1080 g/mol. The van der Waals surface area contributed by atoms with Gasteiger partial charge >= 0.3 is 32.5 Å². The maximum absolute atomic E-state index is 12.4. The summed E-state index contributed by atoms with van der Waals surface area (Å²) in [4.78, 5) is 123. The number of ether oxygens (including phenoxy) is 6. The van der Waals surface area contributed by atoms with Gasteiger partial charge in [-0.15, -0.1) is 0 Å². The molecule has 12 N–H and O–H groups in total. The molecule has 0 aromatic carbocycles. The fourth-order valence-electron chi connectivity index (χ4n) is 7.44. The molecule has 6 aromatic heterocycles. The maximum atomic E-state index is 12.4. The van der Waals surface area contributed by atoms with Gasteiger partial charge in [-0.1, -0.05) is 67.6 Å². The van der Waals surface area contributed by atoms with Crippen molar-refractivity contribution < 1.29 is 53.0 Å². The van der Waals surface area contributed by atoms with Gasteiger partial charge in [0.1, 0.15) is 26.3 Å². The van der Waals surface area contributed by atoms with Crippen LogP contribution < -0.4 is 48.5 Å². The third-order valence-corrected chi connectivity index (χ3v) is 13.4. The molecule has 29 nitrogen and oxygen atoms in total. The van der Waals surface area contributed by atoms with Gasteiger partial charge in [0.25, 0.3) is 16.7 Å². The Morgan fingerprint density at radius 1 is 0.616 bits per heavy atom. The van der Waals surface area contributed by atoms with Crippen molar-refractivity contribution in [2.45, 2.75) is 103 Å². The van der Waals surface area contributed by atoms with Crippen LogP contribution in [0.3, 0.4) is 0 Å². The molecule has 9 atom stereocenters. The number of anilines is 3. The number of fused-ring (bicyclic) bond motifs is 3. The molecule has 0 radical (unpaired) electrons. The number of hydrogen-bond donors (Lipinski definition) is 9. The molecule has 392 valence electrons. The summed E-state index contributed by atoms with van der Waals surface area (Å²) in [5.74, 6) is -1.72. The average Bonchev–Trinajstić information content (AvgIpc) is 4.13. The predicted octanol–water partition coefficient (Wildman–Crippen LogP) is -0.513. The molecule has 9 rings (SSSR count). The number of hydrogen-bond acceptors (Lipinski definition) is 26.